The zero-order valence-electron chi connectivity index (χ0n) is 9.68. The molecule has 0 aromatic heterocycles. The van der Waals surface area contributed by atoms with Crippen molar-refractivity contribution in [2.75, 3.05) is 12.3 Å². The predicted octanol–water partition coefficient (Wildman–Crippen LogP) is 1.16. The summed E-state index contributed by atoms with van der Waals surface area (Å²) in [6, 6.07) is 7.10. The molecule has 0 spiro atoms. The van der Waals surface area contributed by atoms with Crippen molar-refractivity contribution in [3.63, 3.8) is 0 Å². The molecule has 18 heavy (non-hydrogen) atoms. The van der Waals surface area contributed by atoms with Crippen LogP contribution in [0.2, 0.25) is 0 Å². The number of nitrogens with one attached hydrogen (secondary N) is 1. The van der Waals surface area contributed by atoms with Gasteiger partial charge in [-0.05, 0) is 17.7 Å². The van der Waals surface area contributed by atoms with Crippen molar-refractivity contribution in [3.05, 3.63) is 29.8 Å². The molecule has 0 aliphatic carbocycles. The third-order valence-electron chi connectivity index (χ3n) is 2.04. The molecule has 0 bridgehead atoms. The van der Waals surface area contributed by atoms with Gasteiger partial charge in [0.15, 0.2) is 0 Å². The van der Waals surface area contributed by atoms with E-state index in [1.807, 2.05) is 0 Å². The zero-order valence-corrected chi connectivity index (χ0v) is 10.5. The maximum atomic E-state index is 11.3. The van der Waals surface area contributed by atoms with E-state index in [2.05, 4.69) is 11.2 Å². The van der Waals surface area contributed by atoms with Gasteiger partial charge in [0.05, 0.1) is 18.7 Å². The standard InChI is InChI=1S/C13H13NO3S/c1-2-7-14-12(15)9-18-11-5-3-10(4-6-11)8-13(16)17/h1,3-6H,7-9H2,(H,14,15)(H,16,17). The molecule has 0 unspecified atom stereocenters. The number of hydrogen-bond acceptors (Lipinski definition) is 3. The summed E-state index contributed by atoms with van der Waals surface area (Å²) in [6.45, 7) is 0.233. The van der Waals surface area contributed by atoms with Crippen LogP contribution >= 0.6 is 11.8 Å². The number of hydrogen-bond donors (Lipinski definition) is 2. The number of rotatable bonds is 6. The van der Waals surface area contributed by atoms with Crippen molar-refractivity contribution in [1.82, 2.24) is 5.32 Å². The Balaban J connectivity index is 2.42. The second-order valence-electron chi connectivity index (χ2n) is 3.48. The van der Waals surface area contributed by atoms with Crippen LogP contribution in [-0.4, -0.2) is 29.3 Å². The fraction of sp³-hybridized carbons (Fsp3) is 0.231. The molecule has 0 heterocycles. The summed E-state index contributed by atoms with van der Waals surface area (Å²) >= 11 is 1.38. The number of terminal acetylenes is 1. The van der Waals surface area contributed by atoms with Gasteiger partial charge < -0.3 is 10.4 Å². The molecule has 5 heteroatoms. The largest absolute Gasteiger partial charge is 0.481 e. The summed E-state index contributed by atoms with van der Waals surface area (Å²) < 4.78 is 0. The molecule has 0 saturated carbocycles. The number of carbonyl (C=O) groups is 2. The minimum atomic E-state index is -0.857. The highest BCUT2D eigenvalue weighted by molar-refractivity contribution is 8.00. The number of benzene rings is 1. The number of thioether (sulfide) groups is 1. The Morgan fingerprint density at radius 3 is 2.56 bits per heavy atom. The number of aliphatic carboxylic acids is 1. The molecule has 94 valence electrons. The van der Waals surface area contributed by atoms with Crippen LogP contribution < -0.4 is 5.32 Å². The molecule has 0 atom stereocenters. The van der Waals surface area contributed by atoms with Gasteiger partial charge in [-0.15, -0.1) is 18.2 Å². The van der Waals surface area contributed by atoms with Gasteiger partial charge in [-0.3, -0.25) is 9.59 Å². The Labute approximate surface area is 110 Å². The van der Waals surface area contributed by atoms with Crippen LogP contribution in [0.5, 0.6) is 0 Å². The molecule has 2 N–H and O–H groups in total. The lowest BCUT2D eigenvalue weighted by Gasteiger charge is -2.03. The summed E-state index contributed by atoms with van der Waals surface area (Å²) in [4.78, 5) is 22.7. The van der Waals surface area contributed by atoms with E-state index in [1.54, 1.807) is 24.3 Å². The Hall–Kier alpha value is -1.93. The molecule has 1 amide bonds. The van der Waals surface area contributed by atoms with Gasteiger partial charge in [-0.25, -0.2) is 0 Å². The molecule has 4 nitrogen and oxygen atoms in total. The van der Waals surface area contributed by atoms with Crippen molar-refractivity contribution in [2.24, 2.45) is 0 Å². The molecule has 1 aromatic carbocycles. The van der Waals surface area contributed by atoms with Gasteiger partial charge in [0, 0.05) is 4.90 Å². The van der Waals surface area contributed by atoms with Gasteiger partial charge in [0.2, 0.25) is 5.91 Å². The van der Waals surface area contributed by atoms with Crippen molar-refractivity contribution in [1.29, 1.82) is 0 Å². The van der Waals surface area contributed by atoms with Gasteiger partial charge in [-0.2, -0.15) is 0 Å². The van der Waals surface area contributed by atoms with E-state index in [1.165, 1.54) is 11.8 Å². The normalized spacial score (nSPS) is 9.50. The van der Waals surface area contributed by atoms with Gasteiger partial charge in [0.25, 0.3) is 0 Å². The van der Waals surface area contributed by atoms with Gasteiger partial charge in [-0.1, -0.05) is 18.1 Å². The Morgan fingerprint density at radius 1 is 1.33 bits per heavy atom. The molecule has 0 aliphatic rings. The van der Waals surface area contributed by atoms with E-state index >= 15 is 0 Å². The summed E-state index contributed by atoms with van der Waals surface area (Å²) in [6.07, 6.45) is 5.03. The van der Waals surface area contributed by atoms with Crippen molar-refractivity contribution >= 4 is 23.6 Å². The minimum Gasteiger partial charge on any atom is -0.481 e. The lowest BCUT2D eigenvalue weighted by atomic mass is 10.2. The second kappa shape index (κ2) is 7.41. The van der Waals surface area contributed by atoms with Crippen LogP contribution in [0, 0.1) is 12.3 Å². The number of carbonyl (C=O) groups excluding carboxylic acids is 1. The van der Waals surface area contributed by atoms with E-state index in [4.69, 9.17) is 11.5 Å². The van der Waals surface area contributed by atoms with Crippen LogP contribution in [0.1, 0.15) is 5.56 Å². The fourth-order valence-electron chi connectivity index (χ4n) is 1.23. The van der Waals surface area contributed by atoms with E-state index < -0.39 is 5.97 Å². The van der Waals surface area contributed by atoms with E-state index in [0.717, 1.165) is 10.5 Å². The lowest BCUT2D eigenvalue weighted by molar-refractivity contribution is -0.136. The van der Waals surface area contributed by atoms with E-state index in [9.17, 15) is 9.59 Å². The topological polar surface area (TPSA) is 66.4 Å². The Kier molecular flexibility index (Phi) is 5.81. The van der Waals surface area contributed by atoms with E-state index in [-0.39, 0.29) is 18.9 Å². The predicted molar refractivity (Wildman–Crippen MR) is 70.3 cm³/mol. The highest BCUT2D eigenvalue weighted by atomic mass is 32.2. The van der Waals surface area contributed by atoms with Crippen LogP contribution in [-0.2, 0) is 16.0 Å². The average molecular weight is 263 g/mol. The third kappa shape index (κ3) is 5.41. The molecule has 0 saturated heterocycles. The van der Waals surface area contributed by atoms with Crippen molar-refractivity contribution < 1.29 is 14.7 Å². The third-order valence-corrected chi connectivity index (χ3v) is 3.05. The van der Waals surface area contributed by atoms with E-state index in [0.29, 0.717) is 5.75 Å². The van der Waals surface area contributed by atoms with Crippen molar-refractivity contribution in [3.8, 4) is 12.3 Å². The molecule has 1 rings (SSSR count). The van der Waals surface area contributed by atoms with Crippen molar-refractivity contribution in [2.45, 2.75) is 11.3 Å². The summed E-state index contributed by atoms with van der Waals surface area (Å²) in [7, 11) is 0. The zero-order chi connectivity index (χ0) is 13.4. The first-order valence-corrected chi connectivity index (χ1v) is 6.24. The molecular weight excluding hydrogens is 250 g/mol. The summed E-state index contributed by atoms with van der Waals surface area (Å²) in [5.74, 6) is 1.64. The van der Waals surface area contributed by atoms with Crippen LogP contribution in [0.3, 0.4) is 0 Å². The SMILES string of the molecule is C#CCNC(=O)CSc1ccc(CC(=O)O)cc1. The quantitative estimate of drug-likeness (QED) is 0.597. The minimum absolute atomic E-state index is 0.00754. The monoisotopic (exact) mass is 263 g/mol. The number of carboxylic acids is 1. The van der Waals surface area contributed by atoms with Crippen LogP contribution in [0.4, 0.5) is 0 Å². The Bertz CT molecular complexity index is 462. The first-order chi connectivity index (χ1) is 8.61. The highest BCUT2D eigenvalue weighted by Crippen LogP contribution is 2.18. The lowest BCUT2D eigenvalue weighted by Crippen LogP contribution is -2.25. The molecule has 0 radical (unpaired) electrons. The molecule has 1 aromatic rings. The molecule has 0 fully saturated rings. The molecular formula is C13H13NO3S. The highest BCUT2D eigenvalue weighted by Gasteiger charge is 2.03. The number of carboxylic acid groups (broad SMARTS) is 1. The van der Waals surface area contributed by atoms with Gasteiger partial charge >= 0.3 is 5.97 Å². The van der Waals surface area contributed by atoms with Crippen LogP contribution in [0.25, 0.3) is 0 Å². The fourth-order valence-corrected chi connectivity index (χ4v) is 1.96. The van der Waals surface area contributed by atoms with Crippen LogP contribution in [0.15, 0.2) is 29.2 Å². The summed E-state index contributed by atoms with van der Waals surface area (Å²) in [5.41, 5.74) is 0.739. The summed E-state index contributed by atoms with van der Waals surface area (Å²) in [5, 5.41) is 11.2. The van der Waals surface area contributed by atoms with Gasteiger partial charge in [0.1, 0.15) is 0 Å². The molecule has 0 aliphatic heterocycles. The maximum Gasteiger partial charge on any atom is 0.307 e. The Morgan fingerprint density at radius 2 is 2.00 bits per heavy atom. The smallest absolute Gasteiger partial charge is 0.307 e. The first-order valence-electron chi connectivity index (χ1n) is 5.25. The average Bonchev–Trinajstić information content (AvgIpc) is 2.35. The maximum absolute atomic E-state index is 11.3. The number of amides is 1. The first kappa shape index (κ1) is 14.1. The second-order valence-corrected chi connectivity index (χ2v) is 4.53.